The molecule has 2 atom stereocenters. The first-order valence-electron chi connectivity index (χ1n) is 10.8. The van der Waals surface area contributed by atoms with Crippen LogP contribution in [0, 0.1) is 12.7 Å². The summed E-state index contributed by atoms with van der Waals surface area (Å²) < 4.78 is 56.9. The number of benzene rings is 1. The fourth-order valence-corrected chi connectivity index (χ4v) is 5.40. The number of aliphatic hydroxyl groups is 1. The molecule has 1 aromatic carbocycles. The average molecular weight is 480 g/mol. The monoisotopic (exact) mass is 480 g/mol. The molecule has 0 amide bonds. The number of anilines is 1. The number of hydrogen-bond acceptors (Lipinski definition) is 6. The Morgan fingerprint density at radius 3 is 2.45 bits per heavy atom. The Hall–Kier alpha value is -2.51. The number of fused-ring (bicyclic) bond motifs is 1. The maximum Gasteiger partial charge on any atom is 0.301 e. The van der Waals surface area contributed by atoms with Gasteiger partial charge in [0.1, 0.15) is 36.1 Å². The van der Waals surface area contributed by atoms with Crippen LogP contribution in [0.1, 0.15) is 50.7 Å². The Kier molecular flexibility index (Phi) is 7.15. The fraction of sp³-hybridized carbons (Fsp3) is 0.435. The van der Waals surface area contributed by atoms with Crippen LogP contribution in [0.5, 0.6) is 0 Å². The molecule has 10 heteroatoms. The largest absolute Gasteiger partial charge is 0.387 e. The summed E-state index contributed by atoms with van der Waals surface area (Å²) in [5.41, 5.74) is 0.118. The van der Waals surface area contributed by atoms with E-state index < -0.39 is 36.6 Å². The van der Waals surface area contributed by atoms with Crippen LogP contribution in [0.3, 0.4) is 0 Å². The van der Waals surface area contributed by atoms with Crippen LogP contribution in [-0.4, -0.2) is 38.5 Å². The molecule has 0 saturated heterocycles. The van der Waals surface area contributed by atoms with Gasteiger partial charge in [0.15, 0.2) is 0 Å². The highest BCUT2D eigenvalue weighted by molar-refractivity contribution is 7.71. The standard InChI is InChI=1S/C23H28F3N4O2P/c1-6-33(32,7-2)20-11-17-19(12-27-20)29-15(5)30-22(17)28-13(3)16-9-8-10-18(21(16)24)23(25,26)14(4)31/h8-14,31H,6-7H2,1-5H3,(H,28,29,30)/t13-,14?/m1/s1. The Morgan fingerprint density at radius 1 is 1.18 bits per heavy atom. The molecule has 2 heterocycles. The lowest BCUT2D eigenvalue weighted by atomic mass is 9.97. The predicted octanol–water partition coefficient (Wildman–Crippen LogP) is 5.15. The van der Waals surface area contributed by atoms with E-state index in [1.54, 1.807) is 19.9 Å². The second-order valence-corrected chi connectivity index (χ2v) is 11.6. The maximum absolute atomic E-state index is 15.1. The zero-order valence-corrected chi connectivity index (χ0v) is 20.1. The summed E-state index contributed by atoms with van der Waals surface area (Å²) in [6.07, 6.45) is 0.419. The minimum atomic E-state index is -3.74. The van der Waals surface area contributed by atoms with Crippen LogP contribution in [0.25, 0.3) is 10.9 Å². The summed E-state index contributed by atoms with van der Waals surface area (Å²) >= 11 is 0. The number of rotatable bonds is 8. The lowest BCUT2D eigenvalue weighted by molar-refractivity contribution is -0.108. The predicted molar refractivity (Wildman–Crippen MR) is 124 cm³/mol. The SMILES string of the molecule is CCP(=O)(CC)c1cc2c(N[C@H](C)c3cccc(C(F)(F)C(C)O)c3F)nc(C)nc2cn1. The van der Waals surface area contributed by atoms with Crippen LogP contribution in [0.15, 0.2) is 30.5 Å². The molecule has 178 valence electrons. The van der Waals surface area contributed by atoms with Crippen LogP contribution in [-0.2, 0) is 10.5 Å². The van der Waals surface area contributed by atoms with Gasteiger partial charge in [-0.1, -0.05) is 26.0 Å². The molecule has 2 aromatic heterocycles. The van der Waals surface area contributed by atoms with Gasteiger partial charge in [0.25, 0.3) is 0 Å². The third-order valence-corrected chi connectivity index (χ3v) is 8.97. The molecule has 0 radical (unpaired) electrons. The van der Waals surface area contributed by atoms with Crippen molar-refractivity contribution in [3.05, 3.63) is 53.2 Å². The summed E-state index contributed by atoms with van der Waals surface area (Å²) in [5, 5.41) is 13.1. The van der Waals surface area contributed by atoms with Crippen molar-refractivity contribution in [1.82, 2.24) is 15.0 Å². The van der Waals surface area contributed by atoms with Crippen molar-refractivity contribution in [3.8, 4) is 0 Å². The lowest BCUT2D eigenvalue weighted by Gasteiger charge is -2.23. The first-order chi connectivity index (χ1) is 15.4. The van der Waals surface area contributed by atoms with Gasteiger partial charge in [-0.15, -0.1) is 0 Å². The van der Waals surface area contributed by atoms with Crippen molar-refractivity contribution in [1.29, 1.82) is 0 Å². The summed E-state index contributed by atoms with van der Waals surface area (Å²) in [6, 6.07) is 4.64. The van der Waals surface area contributed by atoms with Gasteiger partial charge < -0.3 is 15.0 Å². The summed E-state index contributed by atoms with van der Waals surface area (Å²) in [7, 11) is -2.67. The Labute approximate surface area is 191 Å². The van der Waals surface area contributed by atoms with E-state index in [1.165, 1.54) is 18.3 Å². The number of nitrogens with zero attached hydrogens (tertiary/aromatic N) is 3. The van der Waals surface area contributed by atoms with E-state index in [-0.39, 0.29) is 5.56 Å². The van der Waals surface area contributed by atoms with Crippen molar-refractivity contribution in [2.75, 3.05) is 17.6 Å². The molecule has 0 fully saturated rings. The second kappa shape index (κ2) is 9.39. The molecule has 0 bridgehead atoms. The van der Waals surface area contributed by atoms with E-state index in [4.69, 9.17) is 0 Å². The van der Waals surface area contributed by atoms with Crippen molar-refractivity contribution < 1.29 is 22.8 Å². The van der Waals surface area contributed by atoms with Gasteiger partial charge in [0, 0.05) is 23.3 Å². The minimum Gasteiger partial charge on any atom is -0.387 e. The smallest absolute Gasteiger partial charge is 0.301 e. The summed E-state index contributed by atoms with van der Waals surface area (Å²) in [4.78, 5) is 13.2. The van der Waals surface area contributed by atoms with Crippen molar-refractivity contribution in [3.63, 3.8) is 0 Å². The lowest BCUT2D eigenvalue weighted by Crippen LogP contribution is -2.29. The molecular formula is C23H28F3N4O2P. The number of aryl methyl sites for hydroxylation is 1. The van der Waals surface area contributed by atoms with E-state index in [9.17, 15) is 18.5 Å². The van der Waals surface area contributed by atoms with Crippen molar-refractivity contribution >= 4 is 29.3 Å². The average Bonchev–Trinajstić information content (AvgIpc) is 2.78. The number of alkyl halides is 2. The molecule has 0 saturated carbocycles. The van der Waals surface area contributed by atoms with Gasteiger partial charge in [-0.25, -0.2) is 14.4 Å². The Morgan fingerprint density at radius 2 is 1.85 bits per heavy atom. The highest BCUT2D eigenvalue weighted by Gasteiger charge is 2.40. The van der Waals surface area contributed by atoms with Crippen LogP contribution < -0.4 is 10.8 Å². The number of aromatic nitrogens is 3. The number of hydrogen-bond donors (Lipinski definition) is 2. The molecule has 0 spiro atoms. The van der Waals surface area contributed by atoms with E-state index in [0.717, 1.165) is 13.0 Å². The molecule has 2 N–H and O–H groups in total. The molecule has 33 heavy (non-hydrogen) atoms. The number of halogens is 3. The third kappa shape index (κ3) is 4.75. The van der Waals surface area contributed by atoms with Crippen LogP contribution >= 0.6 is 7.14 Å². The quantitative estimate of drug-likeness (QED) is 0.434. The van der Waals surface area contributed by atoms with Crippen LogP contribution in [0.4, 0.5) is 19.0 Å². The zero-order chi connectivity index (χ0) is 24.6. The third-order valence-electron chi connectivity index (χ3n) is 5.85. The van der Waals surface area contributed by atoms with Gasteiger partial charge >= 0.3 is 5.92 Å². The molecule has 0 aliphatic rings. The Bertz CT molecular complexity index is 1210. The van der Waals surface area contributed by atoms with Gasteiger partial charge in [-0.2, -0.15) is 8.78 Å². The molecule has 0 aliphatic heterocycles. The number of aliphatic hydroxyl groups excluding tert-OH is 1. The van der Waals surface area contributed by atoms with Gasteiger partial charge in [-0.05, 0) is 32.9 Å². The second-order valence-electron chi connectivity index (χ2n) is 8.07. The highest BCUT2D eigenvalue weighted by Crippen LogP contribution is 2.43. The summed E-state index contributed by atoms with van der Waals surface area (Å²) in [5.74, 6) is -4.03. The van der Waals surface area contributed by atoms with Crippen molar-refractivity contribution in [2.45, 2.75) is 52.7 Å². The minimum absolute atomic E-state index is 0.000641. The fourth-order valence-electron chi connectivity index (χ4n) is 3.67. The maximum atomic E-state index is 15.1. The van der Waals surface area contributed by atoms with Crippen LogP contribution in [0.2, 0.25) is 0 Å². The number of nitrogens with one attached hydrogen (secondary N) is 1. The van der Waals surface area contributed by atoms with Gasteiger partial charge in [0.05, 0.1) is 23.3 Å². The van der Waals surface area contributed by atoms with E-state index in [2.05, 4.69) is 20.3 Å². The summed E-state index contributed by atoms with van der Waals surface area (Å²) in [6.45, 7) is 7.93. The first-order valence-corrected chi connectivity index (χ1v) is 12.9. The molecule has 0 aliphatic carbocycles. The number of pyridine rings is 1. The van der Waals surface area contributed by atoms with E-state index in [1.807, 2.05) is 13.8 Å². The topological polar surface area (TPSA) is 88.0 Å². The van der Waals surface area contributed by atoms with E-state index >= 15 is 4.39 Å². The van der Waals surface area contributed by atoms with E-state index in [0.29, 0.717) is 40.3 Å². The first kappa shape index (κ1) is 25.1. The molecule has 1 unspecified atom stereocenters. The normalized spacial score (nSPS) is 14.3. The van der Waals surface area contributed by atoms with Gasteiger partial charge in [0.2, 0.25) is 0 Å². The zero-order valence-electron chi connectivity index (χ0n) is 19.2. The Balaban J connectivity index is 2.07. The molecule has 6 nitrogen and oxygen atoms in total. The van der Waals surface area contributed by atoms with Gasteiger partial charge in [-0.3, -0.25) is 4.98 Å². The van der Waals surface area contributed by atoms with Crippen molar-refractivity contribution in [2.24, 2.45) is 0 Å². The molecular weight excluding hydrogens is 452 g/mol. The highest BCUT2D eigenvalue weighted by atomic mass is 31.2. The molecule has 3 aromatic rings. The molecule has 3 rings (SSSR count).